The molecule has 0 saturated carbocycles. The minimum absolute atomic E-state index is 0.259. The number of benzene rings is 1. The Labute approximate surface area is 107 Å². The van der Waals surface area contributed by atoms with Crippen molar-refractivity contribution in [3.63, 3.8) is 0 Å². The van der Waals surface area contributed by atoms with Gasteiger partial charge in [0, 0.05) is 11.8 Å². The van der Waals surface area contributed by atoms with E-state index in [9.17, 15) is 13.2 Å². The maximum Gasteiger partial charge on any atom is 0.573 e. The van der Waals surface area contributed by atoms with E-state index in [2.05, 4.69) is 9.72 Å². The van der Waals surface area contributed by atoms with Crippen LogP contribution in [0.2, 0.25) is 0 Å². The largest absolute Gasteiger partial charge is 0.573 e. The van der Waals surface area contributed by atoms with Gasteiger partial charge in [-0.15, -0.1) is 13.2 Å². The predicted molar refractivity (Wildman–Crippen MR) is 65.5 cm³/mol. The molecule has 0 radical (unpaired) electrons. The summed E-state index contributed by atoms with van der Waals surface area (Å²) in [6, 6.07) is 7.39. The van der Waals surface area contributed by atoms with Gasteiger partial charge in [0.1, 0.15) is 11.6 Å². The van der Waals surface area contributed by atoms with Crippen molar-refractivity contribution in [3.05, 3.63) is 42.1 Å². The van der Waals surface area contributed by atoms with Gasteiger partial charge in [0.05, 0.1) is 0 Å². The first-order valence-electron chi connectivity index (χ1n) is 5.43. The summed E-state index contributed by atoms with van der Waals surface area (Å²) in [4.78, 5) is 3.97. The molecule has 0 unspecified atom stereocenters. The number of nitrogens with zero attached hydrogens (tertiary/aromatic N) is 1. The van der Waals surface area contributed by atoms with Crippen molar-refractivity contribution in [1.29, 1.82) is 0 Å². The number of pyridine rings is 1. The van der Waals surface area contributed by atoms with E-state index in [0.29, 0.717) is 11.1 Å². The zero-order valence-electron chi connectivity index (χ0n) is 10.0. The van der Waals surface area contributed by atoms with Crippen molar-refractivity contribution in [3.8, 4) is 16.9 Å². The highest BCUT2D eigenvalue weighted by atomic mass is 19.4. The predicted octanol–water partition coefficient (Wildman–Crippen LogP) is 3.54. The number of aryl methyl sites for hydroxylation is 1. The van der Waals surface area contributed by atoms with E-state index >= 15 is 0 Å². The summed E-state index contributed by atoms with van der Waals surface area (Å²) >= 11 is 0. The van der Waals surface area contributed by atoms with Gasteiger partial charge in [0.25, 0.3) is 0 Å². The van der Waals surface area contributed by atoms with E-state index in [1.54, 1.807) is 18.3 Å². The van der Waals surface area contributed by atoms with Crippen LogP contribution in [-0.4, -0.2) is 11.3 Å². The second-order valence-corrected chi connectivity index (χ2v) is 4.02. The Morgan fingerprint density at radius 2 is 1.95 bits per heavy atom. The zero-order chi connectivity index (χ0) is 14.0. The molecule has 1 aromatic heterocycles. The van der Waals surface area contributed by atoms with Crippen molar-refractivity contribution in [2.45, 2.75) is 13.3 Å². The number of alkyl halides is 3. The third kappa shape index (κ3) is 3.37. The standard InChI is InChI=1S/C13H11F3N2O/c1-8-5-11(12(17)18-7-8)9-3-2-4-10(6-9)19-13(14,15)16/h2-7H,1H3,(H2,17,18). The molecule has 0 bridgehead atoms. The number of ether oxygens (including phenoxy) is 1. The Hall–Kier alpha value is -2.24. The molecule has 0 aliphatic heterocycles. The Kier molecular flexibility index (Phi) is 3.33. The third-order valence-corrected chi connectivity index (χ3v) is 2.43. The fourth-order valence-electron chi connectivity index (χ4n) is 1.67. The van der Waals surface area contributed by atoms with Crippen molar-refractivity contribution in [2.75, 3.05) is 5.73 Å². The summed E-state index contributed by atoms with van der Waals surface area (Å²) in [5.74, 6) is -0.0272. The van der Waals surface area contributed by atoms with Crippen LogP contribution in [0.1, 0.15) is 5.56 Å². The summed E-state index contributed by atoms with van der Waals surface area (Å²) in [7, 11) is 0. The first-order valence-corrected chi connectivity index (χ1v) is 5.43. The van der Waals surface area contributed by atoms with Crippen LogP contribution in [0.4, 0.5) is 19.0 Å². The van der Waals surface area contributed by atoms with Gasteiger partial charge in [0.2, 0.25) is 0 Å². The smallest absolute Gasteiger partial charge is 0.406 e. The molecule has 19 heavy (non-hydrogen) atoms. The fraction of sp³-hybridized carbons (Fsp3) is 0.154. The van der Waals surface area contributed by atoms with Gasteiger partial charge in [-0.2, -0.15) is 0 Å². The average molecular weight is 268 g/mol. The molecular formula is C13H11F3N2O. The Morgan fingerprint density at radius 3 is 2.63 bits per heavy atom. The lowest BCUT2D eigenvalue weighted by atomic mass is 10.0. The molecule has 2 N–H and O–H groups in total. The van der Waals surface area contributed by atoms with Gasteiger partial charge in [-0.1, -0.05) is 12.1 Å². The zero-order valence-corrected chi connectivity index (χ0v) is 10.0. The number of nitrogen functional groups attached to an aromatic ring is 1. The van der Waals surface area contributed by atoms with E-state index < -0.39 is 6.36 Å². The molecule has 0 aliphatic carbocycles. The summed E-state index contributed by atoms with van der Waals surface area (Å²) in [5, 5.41) is 0. The molecule has 1 heterocycles. The summed E-state index contributed by atoms with van der Waals surface area (Å²) in [5.41, 5.74) is 7.69. The molecule has 3 nitrogen and oxygen atoms in total. The lowest BCUT2D eigenvalue weighted by Crippen LogP contribution is -2.17. The molecule has 0 atom stereocenters. The highest BCUT2D eigenvalue weighted by Crippen LogP contribution is 2.30. The summed E-state index contributed by atoms with van der Waals surface area (Å²) in [6.45, 7) is 1.83. The van der Waals surface area contributed by atoms with Crippen molar-refractivity contribution >= 4 is 5.82 Å². The highest BCUT2D eigenvalue weighted by Gasteiger charge is 2.31. The molecule has 0 saturated heterocycles. The lowest BCUT2D eigenvalue weighted by molar-refractivity contribution is -0.274. The van der Waals surface area contributed by atoms with E-state index in [0.717, 1.165) is 5.56 Å². The van der Waals surface area contributed by atoms with Crippen molar-refractivity contribution < 1.29 is 17.9 Å². The molecular weight excluding hydrogens is 257 g/mol. The number of anilines is 1. The van der Waals surface area contributed by atoms with Crippen LogP contribution >= 0.6 is 0 Å². The van der Waals surface area contributed by atoms with Gasteiger partial charge < -0.3 is 10.5 Å². The molecule has 100 valence electrons. The molecule has 0 spiro atoms. The van der Waals surface area contributed by atoms with Gasteiger partial charge in [-0.05, 0) is 36.2 Å². The number of aromatic nitrogens is 1. The van der Waals surface area contributed by atoms with Crippen LogP contribution in [0.5, 0.6) is 5.75 Å². The number of halogens is 3. The summed E-state index contributed by atoms with van der Waals surface area (Å²) in [6.07, 6.45) is -3.12. The normalized spacial score (nSPS) is 11.4. The summed E-state index contributed by atoms with van der Waals surface area (Å²) < 4.78 is 40.4. The van der Waals surface area contributed by atoms with E-state index in [1.807, 2.05) is 6.92 Å². The average Bonchev–Trinajstić information content (AvgIpc) is 2.30. The lowest BCUT2D eigenvalue weighted by Gasteiger charge is -2.11. The Balaban J connectivity index is 2.40. The number of hydrogen-bond acceptors (Lipinski definition) is 3. The third-order valence-electron chi connectivity index (χ3n) is 2.43. The molecule has 6 heteroatoms. The monoisotopic (exact) mass is 268 g/mol. The maximum atomic E-state index is 12.2. The quantitative estimate of drug-likeness (QED) is 0.906. The van der Waals surface area contributed by atoms with Gasteiger partial charge in [0.15, 0.2) is 0 Å². The van der Waals surface area contributed by atoms with Gasteiger partial charge in [-0.25, -0.2) is 4.98 Å². The first kappa shape index (κ1) is 13.2. The Bertz CT molecular complexity index is 597. The van der Waals surface area contributed by atoms with Crippen molar-refractivity contribution in [1.82, 2.24) is 4.98 Å². The van der Waals surface area contributed by atoms with Crippen LogP contribution in [0.25, 0.3) is 11.1 Å². The van der Waals surface area contributed by atoms with Crippen LogP contribution in [-0.2, 0) is 0 Å². The van der Waals surface area contributed by atoms with E-state index in [-0.39, 0.29) is 11.6 Å². The molecule has 2 rings (SSSR count). The van der Waals surface area contributed by atoms with E-state index in [1.165, 1.54) is 18.2 Å². The molecule has 2 aromatic rings. The van der Waals surface area contributed by atoms with Crippen LogP contribution in [0.3, 0.4) is 0 Å². The highest BCUT2D eigenvalue weighted by molar-refractivity contribution is 5.75. The van der Waals surface area contributed by atoms with Crippen molar-refractivity contribution in [2.24, 2.45) is 0 Å². The van der Waals surface area contributed by atoms with Crippen LogP contribution in [0, 0.1) is 6.92 Å². The molecule has 0 amide bonds. The van der Waals surface area contributed by atoms with Gasteiger partial charge >= 0.3 is 6.36 Å². The number of nitrogens with two attached hydrogens (primary N) is 1. The minimum Gasteiger partial charge on any atom is -0.406 e. The van der Waals surface area contributed by atoms with Crippen LogP contribution in [0.15, 0.2) is 36.5 Å². The first-order chi connectivity index (χ1) is 8.85. The Morgan fingerprint density at radius 1 is 1.21 bits per heavy atom. The topological polar surface area (TPSA) is 48.1 Å². The minimum atomic E-state index is -4.71. The molecule has 1 aromatic carbocycles. The van der Waals surface area contributed by atoms with Gasteiger partial charge in [-0.3, -0.25) is 0 Å². The second kappa shape index (κ2) is 4.79. The molecule has 0 fully saturated rings. The second-order valence-electron chi connectivity index (χ2n) is 4.02. The van der Waals surface area contributed by atoms with Crippen LogP contribution < -0.4 is 10.5 Å². The fourth-order valence-corrected chi connectivity index (χ4v) is 1.67. The van der Waals surface area contributed by atoms with E-state index in [4.69, 9.17) is 5.73 Å². The number of rotatable bonds is 2. The maximum absolute atomic E-state index is 12.2. The number of hydrogen-bond donors (Lipinski definition) is 1. The molecule has 0 aliphatic rings. The SMILES string of the molecule is Cc1cnc(N)c(-c2cccc(OC(F)(F)F)c2)c1.